The Labute approximate surface area is 116 Å². The average Bonchev–Trinajstić information content (AvgIpc) is 2.41. The lowest BCUT2D eigenvalue weighted by Crippen LogP contribution is -2.24. The molecular formula is C17H26O2. The Morgan fingerprint density at radius 2 is 1.95 bits per heavy atom. The molecule has 0 aliphatic heterocycles. The predicted octanol–water partition coefficient (Wildman–Crippen LogP) is 4.40. The van der Waals surface area contributed by atoms with E-state index in [1.165, 1.54) is 32.1 Å². The molecule has 1 aromatic carbocycles. The molecular weight excluding hydrogens is 236 g/mol. The van der Waals surface area contributed by atoms with E-state index in [2.05, 4.69) is 13.8 Å². The van der Waals surface area contributed by atoms with E-state index in [0.717, 1.165) is 22.8 Å². The number of benzene rings is 1. The minimum atomic E-state index is -0.409. The van der Waals surface area contributed by atoms with Crippen molar-refractivity contribution in [2.75, 3.05) is 0 Å². The summed E-state index contributed by atoms with van der Waals surface area (Å²) in [5.41, 5.74) is 2.08. The topological polar surface area (TPSA) is 29.5 Å². The van der Waals surface area contributed by atoms with Crippen molar-refractivity contribution in [3.8, 4) is 5.75 Å². The fourth-order valence-corrected chi connectivity index (χ4v) is 2.90. The zero-order valence-corrected chi connectivity index (χ0v) is 12.4. The lowest BCUT2D eigenvalue weighted by molar-refractivity contribution is 0.129. The maximum atomic E-state index is 9.58. The van der Waals surface area contributed by atoms with Crippen molar-refractivity contribution in [2.45, 2.75) is 65.1 Å². The molecule has 19 heavy (non-hydrogen) atoms. The minimum absolute atomic E-state index is 0.374. The van der Waals surface area contributed by atoms with E-state index in [9.17, 15) is 5.11 Å². The third-order valence-corrected chi connectivity index (χ3v) is 4.35. The summed E-state index contributed by atoms with van der Waals surface area (Å²) < 4.78 is 6.13. The lowest BCUT2D eigenvalue weighted by Gasteiger charge is -2.29. The molecule has 1 atom stereocenters. The van der Waals surface area contributed by atoms with E-state index in [1.54, 1.807) is 6.92 Å². The Balaban J connectivity index is 1.96. The SMILES string of the molecule is CCC1CCC(Oc2ccc(C(C)O)cc2C)CC1. The van der Waals surface area contributed by atoms with E-state index < -0.39 is 6.10 Å². The molecule has 0 bridgehead atoms. The van der Waals surface area contributed by atoms with E-state index in [1.807, 2.05) is 18.2 Å². The number of hydrogen-bond donors (Lipinski definition) is 1. The molecule has 1 aliphatic carbocycles. The zero-order chi connectivity index (χ0) is 13.8. The molecule has 0 aromatic heterocycles. The molecule has 1 aromatic rings. The summed E-state index contributed by atoms with van der Waals surface area (Å²) in [4.78, 5) is 0. The van der Waals surface area contributed by atoms with Gasteiger partial charge in [-0.25, -0.2) is 0 Å². The Morgan fingerprint density at radius 3 is 2.47 bits per heavy atom. The summed E-state index contributed by atoms with van der Waals surface area (Å²) in [6, 6.07) is 5.99. The number of aryl methyl sites for hydroxylation is 1. The second kappa shape index (κ2) is 6.42. The Hall–Kier alpha value is -1.02. The standard InChI is InChI=1S/C17H26O2/c1-4-14-5-8-16(9-6-14)19-17-10-7-15(13(3)18)11-12(17)2/h7,10-11,13-14,16,18H,4-6,8-9H2,1-3H3. The van der Waals surface area contributed by atoms with Gasteiger partial charge in [0, 0.05) is 0 Å². The van der Waals surface area contributed by atoms with Crippen molar-refractivity contribution in [2.24, 2.45) is 5.92 Å². The molecule has 0 radical (unpaired) electrons. The highest BCUT2D eigenvalue weighted by Gasteiger charge is 2.21. The fraction of sp³-hybridized carbons (Fsp3) is 0.647. The van der Waals surface area contributed by atoms with Crippen molar-refractivity contribution in [3.05, 3.63) is 29.3 Å². The van der Waals surface area contributed by atoms with Crippen LogP contribution in [0.3, 0.4) is 0 Å². The van der Waals surface area contributed by atoms with Crippen molar-refractivity contribution >= 4 is 0 Å². The van der Waals surface area contributed by atoms with E-state index >= 15 is 0 Å². The highest BCUT2D eigenvalue weighted by molar-refractivity contribution is 5.37. The number of hydrogen-bond acceptors (Lipinski definition) is 2. The molecule has 0 amide bonds. The second-order valence-electron chi connectivity index (χ2n) is 5.87. The molecule has 2 heteroatoms. The number of rotatable bonds is 4. The molecule has 1 unspecified atom stereocenters. The molecule has 2 rings (SSSR count). The first-order chi connectivity index (χ1) is 9.10. The van der Waals surface area contributed by atoms with Crippen LogP contribution in [0.2, 0.25) is 0 Å². The molecule has 1 saturated carbocycles. The van der Waals surface area contributed by atoms with Crippen LogP contribution in [-0.4, -0.2) is 11.2 Å². The number of aliphatic hydroxyl groups excluding tert-OH is 1. The van der Waals surface area contributed by atoms with Gasteiger partial charge in [0.2, 0.25) is 0 Å². The maximum Gasteiger partial charge on any atom is 0.122 e. The highest BCUT2D eigenvalue weighted by Crippen LogP contribution is 2.31. The molecule has 0 heterocycles. The van der Waals surface area contributed by atoms with Crippen LogP contribution in [0.25, 0.3) is 0 Å². The van der Waals surface area contributed by atoms with E-state index in [0.29, 0.717) is 6.10 Å². The summed E-state index contributed by atoms with van der Waals surface area (Å²) in [5, 5.41) is 9.58. The van der Waals surface area contributed by atoms with Crippen LogP contribution in [0.1, 0.15) is 63.2 Å². The van der Waals surface area contributed by atoms with Crippen LogP contribution in [-0.2, 0) is 0 Å². The Morgan fingerprint density at radius 1 is 1.26 bits per heavy atom. The van der Waals surface area contributed by atoms with Gasteiger partial charge in [0.25, 0.3) is 0 Å². The Kier molecular flexibility index (Phi) is 4.87. The van der Waals surface area contributed by atoms with Crippen molar-refractivity contribution in [1.29, 1.82) is 0 Å². The lowest BCUT2D eigenvalue weighted by atomic mass is 9.86. The van der Waals surface area contributed by atoms with E-state index in [4.69, 9.17) is 4.74 Å². The third-order valence-electron chi connectivity index (χ3n) is 4.35. The normalized spacial score (nSPS) is 25.1. The zero-order valence-electron chi connectivity index (χ0n) is 12.4. The minimum Gasteiger partial charge on any atom is -0.490 e. The molecule has 0 spiro atoms. The number of ether oxygens (including phenoxy) is 1. The van der Waals surface area contributed by atoms with Crippen LogP contribution in [0, 0.1) is 12.8 Å². The van der Waals surface area contributed by atoms with Crippen LogP contribution in [0.4, 0.5) is 0 Å². The van der Waals surface area contributed by atoms with Crippen molar-refractivity contribution in [3.63, 3.8) is 0 Å². The van der Waals surface area contributed by atoms with Gasteiger partial charge < -0.3 is 9.84 Å². The second-order valence-corrected chi connectivity index (χ2v) is 5.87. The summed E-state index contributed by atoms with van der Waals surface area (Å²) >= 11 is 0. The van der Waals surface area contributed by atoms with Gasteiger partial charge >= 0.3 is 0 Å². The predicted molar refractivity (Wildman–Crippen MR) is 78.5 cm³/mol. The highest BCUT2D eigenvalue weighted by atomic mass is 16.5. The van der Waals surface area contributed by atoms with Gasteiger partial charge in [0.1, 0.15) is 5.75 Å². The van der Waals surface area contributed by atoms with Crippen molar-refractivity contribution in [1.82, 2.24) is 0 Å². The van der Waals surface area contributed by atoms with Gasteiger partial charge in [-0.2, -0.15) is 0 Å². The average molecular weight is 262 g/mol. The quantitative estimate of drug-likeness (QED) is 0.871. The van der Waals surface area contributed by atoms with Gasteiger partial charge in [-0.15, -0.1) is 0 Å². The van der Waals surface area contributed by atoms with Gasteiger partial charge in [-0.1, -0.05) is 19.4 Å². The van der Waals surface area contributed by atoms with Gasteiger partial charge in [0.15, 0.2) is 0 Å². The molecule has 1 aliphatic rings. The van der Waals surface area contributed by atoms with Crippen LogP contribution in [0.5, 0.6) is 5.75 Å². The van der Waals surface area contributed by atoms with E-state index in [-0.39, 0.29) is 0 Å². The van der Waals surface area contributed by atoms with Gasteiger partial charge in [0.05, 0.1) is 12.2 Å². The molecule has 1 N–H and O–H groups in total. The summed E-state index contributed by atoms with van der Waals surface area (Å²) in [5.74, 6) is 1.88. The summed E-state index contributed by atoms with van der Waals surface area (Å²) in [7, 11) is 0. The summed E-state index contributed by atoms with van der Waals surface area (Å²) in [6.45, 7) is 6.13. The summed E-state index contributed by atoms with van der Waals surface area (Å²) in [6.07, 6.45) is 6.21. The largest absolute Gasteiger partial charge is 0.490 e. The third kappa shape index (κ3) is 3.73. The first-order valence-corrected chi connectivity index (χ1v) is 7.55. The monoisotopic (exact) mass is 262 g/mol. The molecule has 2 nitrogen and oxygen atoms in total. The maximum absolute atomic E-state index is 9.58. The molecule has 106 valence electrons. The van der Waals surface area contributed by atoms with Crippen LogP contribution >= 0.6 is 0 Å². The molecule has 0 saturated heterocycles. The fourth-order valence-electron chi connectivity index (χ4n) is 2.90. The number of aliphatic hydroxyl groups is 1. The van der Waals surface area contributed by atoms with Crippen molar-refractivity contribution < 1.29 is 9.84 Å². The first kappa shape index (κ1) is 14.4. The molecule has 1 fully saturated rings. The van der Waals surface area contributed by atoms with Crippen LogP contribution < -0.4 is 4.74 Å². The van der Waals surface area contributed by atoms with Gasteiger partial charge in [-0.05, 0) is 68.7 Å². The van der Waals surface area contributed by atoms with Crippen LogP contribution in [0.15, 0.2) is 18.2 Å². The Bertz CT molecular complexity index is 404. The smallest absolute Gasteiger partial charge is 0.122 e. The van der Waals surface area contributed by atoms with Gasteiger partial charge in [-0.3, -0.25) is 0 Å². The first-order valence-electron chi connectivity index (χ1n) is 7.55.